The predicted octanol–water partition coefficient (Wildman–Crippen LogP) is 0.555. The Balaban J connectivity index is 0.00000484. The van der Waals surface area contributed by atoms with Crippen LogP contribution in [0, 0.1) is 0 Å². The molecule has 4 nitrogen and oxygen atoms in total. The molecule has 0 bridgehead atoms. The van der Waals surface area contributed by atoms with E-state index in [1.165, 1.54) is 38.2 Å². The highest BCUT2D eigenvalue weighted by Gasteiger charge is 2.09. The molecule has 0 spiro atoms. The third-order valence-corrected chi connectivity index (χ3v) is 3.92. The van der Waals surface area contributed by atoms with Crippen LogP contribution in [0.3, 0.4) is 0 Å². The molecular weight excluding hydrogens is 356 g/mol. The van der Waals surface area contributed by atoms with Gasteiger partial charge >= 0.3 is 5.97 Å². The van der Waals surface area contributed by atoms with Crippen LogP contribution in [-0.2, 0) is 23.1 Å². The average Bonchev–Trinajstić information content (AvgIpc) is 2.93. The monoisotopic (exact) mass is 386 g/mol. The van der Waals surface area contributed by atoms with Gasteiger partial charge in [-0.1, -0.05) is 32.8 Å². The molecule has 1 aromatic rings. The highest BCUT2D eigenvalue weighted by molar-refractivity contribution is 5.81. The highest BCUT2D eigenvalue weighted by atomic mass is 79.9. The maximum absolute atomic E-state index is 11.2. The van der Waals surface area contributed by atoms with Crippen molar-refractivity contribution < 1.29 is 31.1 Å². The van der Waals surface area contributed by atoms with Crippen LogP contribution in [-0.4, -0.2) is 16.6 Å². The summed E-state index contributed by atoms with van der Waals surface area (Å²) >= 11 is 0. The number of esters is 1. The first-order valence-corrected chi connectivity index (χ1v) is 8.49. The summed E-state index contributed by atoms with van der Waals surface area (Å²) in [5, 5.41) is 0. The maximum atomic E-state index is 11.2. The molecule has 0 saturated carbocycles. The second-order valence-electron chi connectivity index (χ2n) is 5.90. The molecule has 1 rings (SSSR count). The number of unbranched alkanes of at least 4 members (excludes halogenated alkanes) is 5. The summed E-state index contributed by atoms with van der Waals surface area (Å²) < 4.78 is 9.59. The van der Waals surface area contributed by atoms with E-state index < -0.39 is 0 Å². The summed E-state index contributed by atoms with van der Waals surface area (Å²) in [7, 11) is 2.05. The molecular formula is C18H31BrN2O2. The summed E-state index contributed by atoms with van der Waals surface area (Å²) in [5.74, 6) is -0.301. The Labute approximate surface area is 151 Å². The SMILES string of the molecule is C=CC(=O)OC(CC)CCCCCCCC[n+]1ccn(C)c1.[Br-]. The molecule has 0 radical (unpaired) electrons. The normalized spacial score (nSPS) is 11.6. The Kier molecular flexibility index (Phi) is 12.7. The fourth-order valence-electron chi connectivity index (χ4n) is 2.57. The molecule has 1 heterocycles. The Morgan fingerprint density at radius 3 is 2.48 bits per heavy atom. The van der Waals surface area contributed by atoms with Crippen molar-refractivity contribution in [2.24, 2.45) is 7.05 Å². The number of aromatic nitrogens is 2. The lowest BCUT2D eigenvalue weighted by Gasteiger charge is -2.14. The van der Waals surface area contributed by atoms with Crippen LogP contribution in [0.15, 0.2) is 31.4 Å². The van der Waals surface area contributed by atoms with Crippen LogP contribution in [0.2, 0.25) is 0 Å². The van der Waals surface area contributed by atoms with Gasteiger partial charge in [0.1, 0.15) is 18.5 Å². The van der Waals surface area contributed by atoms with Gasteiger partial charge in [-0.25, -0.2) is 13.9 Å². The zero-order valence-electron chi connectivity index (χ0n) is 14.5. The Morgan fingerprint density at radius 1 is 1.26 bits per heavy atom. The third kappa shape index (κ3) is 10.3. The third-order valence-electron chi connectivity index (χ3n) is 3.92. The van der Waals surface area contributed by atoms with Crippen LogP contribution in [0.4, 0.5) is 0 Å². The molecule has 132 valence electrons. The summed E-state index contributed by atoms with van der Waals surface area (Å²) in [6.45, 7) is 6.60. The molecule has 0 aliphatic heterocycles. The molecule has 0 aromatic carbocycles. The number of rotatable bonds is 12. The van der Waals surface area contributed by atoms with Crippen molar-refractivity contribution >= 4 is 5.97 Å². The minimum atomic E-state index is -0.301. The van der Waals surface area contributed by atoms with E-state index in [9.17, 15) is 4.79 Å². The first kappa shape index (κ1) is 21.9. The maximum Gasteiger partial charge on any atom is 0.330 e. The minimum absolute atomic E-state index is 0. The molecule has 0 aliphatic rings. The molecule has 1 atom stereocenters. The van der Waals surface area contributed by atoms with E-state index in [-0.39, 0.29) is 29.1 Å². The molecule has 0 saturated heterocycles. The van der Waals surface area contributed by atoms with Crippen LogP contribution < -0.4 is 21.5 Å². The van der Waals surface area contributed by atoms with Crippen LogP contribution >= 0.6 is 0 Å². The van der Waals surface area contributed by atoms with Crippen LogP contribution in [0.5, 0.6) is 0 Å². The minimum Gasteiger partial charge on any atom is -1.00 e. The summed E-state index contributed by atoms with van der Waals surface area (Å²) in [4.78, 5) is 11.2. The van der Waals surface area contributed by atoms with E-state index >= 15 is 0 Å². The molecule has 0 aliphatic carbocycles. The lowest BCUT2D eigenvalue weighted by Crippen LogP contribution is -3.00. The van der Waals surface area contributed by atoms with E-state index in [1.54, 1.807) is 0 Å². The number of carbonyl (C=O) groups is 1. The van der Waals surface area contributed by atoms with Gasteiger partial charge in [0.2, 0.25) is 6.33 Å². The summed E-state index contributed by atoms with van der Waals surface area (Å²) in [5.41, 5.74) is 0. The van der Waals surface area contributed by atoms with Gasteiger partial charge in [0.15, 0.2) is 0 Å². The van der Waals surface area contributed by atoms with Crippen molar-refractivity contribution in [1.29, 1.82) is 0 Å². The van der Waals surface area contributed by atoms with Crippen molar-refractivity contribution in [3.8, 4) is 0 Å². The lowest BCUT2D eigenvalue weighted by molar-refractivity contribution is -0.696. The van der Waals surface area contributed by atoms with Gasteiger partial charge in [0.05, 0.1) is 13.6 Å². The van der Waals surface area contributed by atoms with Gasteiger partial charge in [0, 0.05) is 6.08 Å². The number of aryl methyl sites for hydroxylation is 2. The van der Waals surface area contributed by atoms with Crippen molar-refractivity contribution in [3.05, 3.63) is 31.4 Å². The molecule has 0 fully saturated rings. The van der Waals surface area contributed by atoms with E-state index in [4.69, 9.17) is 4.74 Å². The number of carbonyl (C=O) groups excluding carboxylic acids is 1. The molecule has 0 N–H and O–H groups in total. The Bertz CT molecular complexity index is 446. The second kappa shape index (κ2) is 13.3. The van der Waals surface area contributed by atoms with Gasteiger partial charge in [-0.3, -0.25) is 0 Å². The first-order chi connectivity index (χ1) is 10.7. The fourth-order valence-corrected chi connectivity index (χ4v) is 2.57. The zero-order chi connectivity index (χ0) is 16.2. The topological polar surface area (TPSA) is 35.1 Å². The van der Waals surface area contributed by atoms with Crippen molar-refractivity contribution in [3.63, 3.8) is 0 Å². The van der Waals surface area contributed by atoms with Gasteiger partial charge < -0.3 is 21.7 Å². The Hall–Kier alpha value is -1.10. The van der Waals surface area contributed by atoms with Crippen molar-refractivity contribution in [1.82, 2.24) is 4.57 Å². The molecule has 0 amide bonds. The van der Waals surface area contributed by atoms with Gasteiger partial charge in [-0.2, -0.15) is 0 Å². The molecule has 5 heteroatoms. The number of ether oxygens (including phenoxy) is 1. The second-order valence-corrected chi connectivity index (χ2v) is 5.90. The smallest absolute Gasteiger partial charge is 0.330 e. The van der Waals surface area contributed by atoms with E-state index in [0.717, 1.165) is 25.8 Å². The summed E-state index contributed by atoms with van der Waals surface area (Å²) in [6.07, 6.45) is 16.9. The van der Waals surface area contributed by atoms with Gasteiger partial charge in [-0.15, -0.1) is 0 Å². The number of imidazole rings is 1. The standard InChI is InChI=1S/C18H31N2O2.BrH/c1-4-17(22-18(21)5-2)12-10-8-6-7-9-11-13-20-15-14-19(3)16-20;/h5,14-17H,2,4,6-13H2,1,3H3;1H/q+1;/p-1. The van der Waals surface area contributed by atoms with Crippen LogP contribution in [0.1, 0.15) is 58.3 Å². The van der Waals surface area contributed by atoms with E-state index in [1.807, 2.05) is 7.05 Å². The first-order valence-electron chi connectivity index (χ1n) is 8.49. The predicted molar refractivity (Wildman–Crippen MR) is 88.3 cm³/mol. The zero-order valence-corrected chi connectivity index (χ0v) is 16.1. The number of hydrogen-bond acceptors (Lipinski definition) is 2. The van der Waals surface area contributed by atoms with Crippen molar-refractivity contribution in [2.75, 3.05) is 0 Å². The number of halogens is 1. The lowest BCUT2D eigenvalue weighted by atomic mass is 10.1. The largest absolute Gasteiger partial charge is 1.00 e. The summed E-state index contributed by atoms with van der Waals surface area (Å²) in [6, 6.07) is 0. The molecule has 23 heavy (non-hydrogen) atoms. The van der Waals surface area contributed by atoms with Crippen LogP contribution in [0.25, 0.3) is 0 Å². The number of hydrogen-bond donors (Lipinski definition) is 0. The van der Waals surface area contributed by atoms with Gasteiger partial charge in [-0.05, 0) is 32.1 Å². The Morgan fingerprint density at radius 2 is 1.91 bits per heavy atom. The fraction of sp³-hybridized carbons (Fsp3) is 0.667. The van der Waals surface area contributed by atoms with Gasteiger partial charge in [0.25, 0.3) is 0 Å². The molecule has 1 aromatic heterocycles. The highest BCUT2D eigenvalue weighted by Crippen LogP contribution is 2.12. The average molecular weight is 387 g/mol. The van der Waals surface area contributed by atoms with Crippen molar-refractivity contribution in [2.45, 2.75) is 70.9 Å². The quantitative estimate of drug-likeness (QED) is 0.227. The van der Waals surface area contributed by atoms with E-state index in [0.29, 0.717) is 0 Å². The van der Waals surface area contributed by atoms with E-state index in [2.05, 4.69) is 41.4 Å². The molecule has 1 unspecified atom stereocenters. The number of nitrogens with zero attached hydrogens (tertiary/aromatic N) is 2.